The normalized spacial score (nSPS) is 12.1. The summed E-state index contributed by atoms with van der Waals surface area (Å²) in [5, 5.41) is 0.852. The van der Waals surface area contributed by atoms with Crippen LogP contribution in [0.3, 0.4) is 0 Å². The molecule has 1 nitrogen and oxygen atoms in total. The molecule has 2 heteroatoms. The van der Waals surface area contributed by atoms with Gasteiger partial charge in [0.05, 0.1) is 0 Å². The second-order valence-electron chi connectivity index (χ2n) is 3.47. The van der Waals surface area contributed by atoms with E-state index in [9.17, 15) is 0 Å². The maximum atomic E-state index is 5.76. The first-order valence-corrected chi connectivity index (χ1v) is 5.11. The first kappa shape index (κ1) is 11.3. The fourth-order valence-electron chi connectivity index (χ4n) is 1.24. The predicted octanol–water partition coefficient (Wildman–Crippen LogP) is 3.26. The fourth-order valence-corrected chi connectivity index (χ4v) is 1.31. The zero-order chi connectivity index (χ0) is 10.4. The lowest BCUT2D eigenvalue weighted by Gasteiger charge is -2.14. The third-order valence-electron chi connectivity index (χ3n) is 1.98. The molecule has 1 rings (SSSR count). The number of halogens is 1. The van der Waals surface area contributed by atoms with Crippen molar-refractivity contribution >= 4 is 11.6 Å². The van der Waals surface area contributed by atoms with Gasteiger partial charge in [-0.15, -0.1) is 0 Å². The summed E-state index contributed by atoms with van der Waals surface area (Å²) < 4.78 is 0. The van der Waals surface area contributed by atoms with Crippen LogP contribution in [-0.2, 0) is 6.54 Å². The highest BCUT2D eigenvalue weighted by molar-refractivity contribution is 6.29. The summed E-state index contributed by atoms with van der Waals surface area (Å²) in [5.41, 5.74) is 1.33. The van der Waals surface area contributed by atoms with Crippen molar-refractivity contribution in [3.63, 3.8) is 0 Å². The minimum absolute atomic E-state index is 0.852. The van der Waals surface area contributed by atoms with Crippen LogP contribution in [0.15, 0.2) is 41.4 Å². The highest BCUT2D eigenvalue weighted by atomic mass is 35.5. The smallest absolute Gasteiger partial charge is 0.0233 e. The Morgan fingerprint density at radius 2 is 2.00 bits per heavy atom. The highest BCUT2D eigenvalue weighted by Gasteiger charge is 1.97. The van der Waals surface area contributed by atoms with Gasteiger partial charge in [-0.1, -0.05) is 48.0 Å². The Labute approximate surface area is 91.0 Å². The van der Waals surface area contributed by atoms with E-state index in [0.717, 1.165) is 18.1 Å². The predicted molar refractivity (Wildman–Crippen MR) is 62.4 cm³/mol. The molecule has 0 aromatic heterocycles. The molecule has 1 aromatic carbocycles. The van der Waals surface area contributed by atoms with E-state index in [1.807, 2.05) is 19.1 Å². The number of benzene rings is 1. The Bertz CT molecular complexity index is 288. The van der Waals surface area contributed by atoms with Crippen LogP contribution in [0.1, 0.15) is 12.5 Å². The van der Waals surface area contributed by atoms with E-state index < -0.39 is 0 Å². The molecule has 0 fully saturated rings. The van der Waals surface area contributed by atoms with E-state index in [2.05, 4.69) is 36.2 Å². The molecule has 76 valence electrons. The van der Waals surface area contributed by atoms with Crippen LogP contribution < -0.4 is 0 Å². The van der Waals surface area contributed by atoms with Gasteiger partial charge in [-0.25, -0.2) is 0 Å². The van der Waals surface area contributed by atoms with Crippen molar-refractivity contribution in [2.75, 3.05) is 13.6 Å². The van der Waals surface area contributed by atoms with Crippen LogP contribution in [0.2, 0.25) is 0 Å². The quantitative estimate of drug-likeness (QED) is 0.736. The summed E-state index contributed by atoms with van der Waals surface area (Å²) in [4.78, 5) is 2.22. The Hall–Kier alpha value is -0.790. The lowest BCUT2D eigenvalue weighted by Crippen LogP contribution is -2.17. The molecule has 0 saturated heterocycles. The highest BCUT2D eigenvalue weighted by Crippen LogP contribution is 2.04. The SMILES string of the molecule is C/C(Cl)=C\CN(C)Cc1ccccc1. The zero-order valence-corrected chi connectivity index (χ0v) is 9.46. The van der Waals surface area contributed by atoms with Gasteiger partial charge in [0.1, 0.15) is 0 Å². The van der Waals surface area contributed by atoms with Gasteiger partial charge in [-0.3, -0.25) is 4.90 Å². The van der Waals surface area contributed by atoms with E-state index >= 15 is 0 Å². The molecule has 0 N–H and O–H groups in total. The van der Waals surface area contributed by atoms with Crippen LogP contribution in [0.4, 0.5) is 0 Å². The summed E-state index contributed by atoms with van der Waals surface area (Å²) in [6.45, 7) is 3.75. The summed E-state index contributed by atoms with van der Waals surface area (Å²) in [6.07, 6.45) is 2.02. The van der Waals surface area contributed by atoms with Crippen LogP contribution >= 0.6 is 11.6 Å². The third-order valence-corrected chi connectivity index (χ3v) is 2.13. The van der Waals surface area contributed by atoms with Crippen LogP contribution in [0.25, 0.3) is 0 Å². The molecule has 0 bridgehead atoms. The van der Waals surface area contributed by atoms with Gasteiger partial charge >= 0.3 is 0 Å². The number of hydrogen-bond donors (Lipinski definition) is 0. The first-order chi connectivity index (χ1) is 6.68. The second kappa shape index (κ2) is 5.84. The number of hydrogen-bond acceptors (Lipinski definition) is 1. The van der Waals surface area contributed by atoms with Crippen molar-refractivity contribution in [2.45, 2.75) is 13.5 Å². The molecule has 0 spiro atoms. The molecule has 14 heavy (non-hydrogen) atoms. The van der Waals surface area contributed by atoms with Crippen molar-refractivity contribution in [1.82, 2.24) is 4.90 Å². The monoisotopic (exact) mass is 209 g/mol. The standard InChI is InChI=1S/C12H16ClN/c1-11(13)8-9-14(2)10-12-6-4-3-5-7-12/h3-8H,9-10H2,1-2H3/b11-8+. The molecule has 0 saturated carbocycles. The number of allylic oxidation sites excluding steroid dienone is 1. The Morgan fingerprint density at radius 1 is 1.36 bits per heavy atom. The summed E-state index contributed by atoms with van der Waals surface area (Å²) in [6, 6.07) is 10.4. The van der Waals surface area contributed by atoms with Crippen molar-refractivity contribution in [3.05, 3.63) is 47.0 Å². The largest absolute Gasteiger partial charge is 0.298 e. The lowest BCUT2D eigenvalue weighted by atomic mass is 10.2. The number of likely N-dealkylation sites (N-methyl/N-ethyl adjacent to an activating group) is 1. The van der Waals surface area contributed by atoms with E-state index in [1.54, 1.807) is 0 Å². The van der Waals surface area contributed by atoms with Gasteiger partial charge in [-0.2, -0.15) is 0 Å². The molecule has 0 aliphatic heterocycles. The average Bonchev–Trinajstić information content (AvgIpc) is 2.16. The third kappa shape index (κ3) is 4.45. The van der Waals surface area contributed by atoms with Gasteiger partial charge in [0.15, 0.2) is 0 Å². The maximum Gasteiger partial charge on any atom is 0.0233 e. The summed E-state index contributed by atoms with van der Waals surface area (Å²) in [7, 11) is 2.09. The van der Waals surface area contributed by atoms with Gasteiger partial charge in [0.25, 0.3) is 0 Å². The van der Waals surface area contributed by atoms with Crippen LogP contribution in [0, 0.1) is 0 Å². The molecule has 0 aliphatic rings. The van der Waals surface area contributed by atoms with Gasteiger partial charge in [-0.05, 0) is 19.5 Å². The molecule has 0 heterocycles. The van der Waals surface area contributed by atoms with Crippen molar-refractivity contribution in [1.29, 1.82) is 0 Å². The molecule has 0 amide bonds. The van der Waals surface area contributed by atoms with Crippen molar-refractivity contribution < 1.29 is 0 Å². The van der Waals surface area contributed by atoms with E-state index in [0.29, 0.717) is 0 Å². The number of nitrogens with zero attached hydrogens (tertiary/aromatic N) is 1. The number of rotatable bonds is 4. The Balaban J connectivity index is 2.42. The minimum atomic E-state index is 0.852. The lowest BCUT2D eigenvalue weighted by molar-refractivity contribution is 0.363. The van der Waals surface area contributed by atoms with E-state index in [-0.39, 0.29) is 0 Å². The topological polar surface area (TPSA) is 3.24 Å². The van der Waals surface area contributed by atoms with Crippen molar-refractivity contribution in [3.8, 4) is 0 Å². The van der Waals surface area contributed by atoms with Crippen LogP contribution in [0.5, 0.6) is 0 Å². The molecule has 0 radical (unpaired) electrons. The Morgan fingerprint density at radius 3 is 2.57 bits per heavy atom. The zero-order valence-electron chi connectivity index (χ0n) is 8.70. The molecular formula is C12H16ClN. The molecule has 1 aromatic rings. The average molecular weight is 210 g/mol. The van der Waals surface area contributed by atoms with Gasteiger partial charge in [0.2, 0.25) is 0 Å². The maximum absolute atomic E-state index is 5.76. The van der Waals surface area contributed by atoms with Crippen molar-refractivity contribution in [2.24, 2.45) is 0 Å². The molecule has 0 aliphatic carbocycles. The summed E-state index contributed by atoms with van der Waals surface area (Å²) >= 11 is 5.76. The Kier molecular flexibility index (Phi) is 4.71. The molecular weight excluding hydrogens is 194 g/mol. The fraction of sp³-hybridized carbons (Fsp3) is 0.333. The van der Waals surface area contributed by atoms with E-state index in [1.165, 1.54) is 5.56 Å². The molecule has 0 atom stereocenters. The van der Waals surface area contributed by atoms with E-state index in [4.69, 9.17) is 11.6 Å². The second-order valence-corrected chi connectivity index (χ2v) is 4.07. The van der Waals surface area contributed by atoms with Gasteiger partial charge < -0.3 is 0 Å². The first-order valence-electron chi connectivity index (χ1n) is 4.73. The summed E-state index contributed by atoms with van der Waals surface area (Å²) in [5.74, 6) is 0. The molecule has 0 unspecified atom stereocenters. The minimum Gasteiger partial charge on any atom is -0.298 e. The van der Waals surface area contributed by atoms with Gasteiger partial charge in [0, 0.05) is 18.1 Å². The van der Waals surface area contributed by atoms with Crippen LogP contribution in [-0.4, -0.2) is 18.5 Å².